The van der Waals surface area contributed by atoms with E-state index in [1.165, 1.54) is 0 Å². The van der Waals surface area contributed by atoms with Gasteiger partial charge in [0.2, 0.25) is 5.95 Å². The maximum Gasteiger partial charge on any atom is 0.573 e. The zero-order valence-electron chi connectivity index (χ0n) is 8.84. The van der Waals surface area contributed by atoms with Gasteiger partial charge < -0.3 is 9.84 Å². The van der Waals surface area contributed by atoms with E-state index in [9.17, 15) is 31.1 Å². The van der Waals surface area contributed by atoms with E-state index in [4.69, 9.17) is 5.11 Å². The van der Waals surface area contributed by atoms with Crippen molar-refractivity contribution in [3.8, 4) is 5.75 Å². The number of aliphatic carboxylic acids is 1. The third kappa shape index (κ3) is 4.30. The van der Waals surface area contributed by atoms with Crippen molar-refractivity contribution in [3.05, 3.63) is 23.3 Å². The quantitative estimate of drug-likeness (QED) is 0.684. The monoisotopic (exact) mass is 289 g/mol. The standard InChI is InChI=1S/C9H5F6NO3/c10-7(11)6-4(19-9(13,14)15)1-3(2-5(17)18)8(12)16-6/h1,7H,2H2,(H,17,18). The van der Waals surface area contributed by atoms with E-state index in [2.05, 4.69) is 9.72 Å². The van der Waals surface area contributed by atoms with Crippen LogP contribution in [0.25, 0.3) is 0 Å². The summed E-state index contributed by atoms with van der Waals surface area (Å²) >= 11 is 0. The predicted molar refractivity (Wildman–Crippen MR) is 47.2 cm³/mol. The van der Waals surface area contributed by atoms with Crippen LogP contribution in [-0.4, -0.2) is 22.4 Å². The molecule has 0 aromatic carbocycles. The van der Waals surface area contributed by atoms with Crippen molar-refractivity contribution >= 4 is 5.97 Å². The summed E-state index contributed by atoms with van der Waals surface area (Å²) in [7, 11) is 0. The number of hydrogen-bond donors (Lipinski definition) is 1. The summed E-state index contributed by atoms with van der Waals surface area (Å²) in [4.78, 5) is 12.9. The second kappa shape index (κ2) is 5.33. The van der Waals surface area contributed by atoms with Gasteiger partial charge in [-0.25, -0.2) is 13.8 Å². The first-order chi connectivity index (χ1) is 8.60. The fourth-order valence-corrected chi connectivity index (χ4v) is 1.17. The SMILES string of the molecule is O=C(O)Cc1cc(OC(F)(F)F)c(C(F)F)nc1F. The summed E-state index contributed by atoms with van der Waals surface area (Å²) in [6, 6.07) is 0.242. The minimum absolute atomic E-state index is 0.242. The largest absolute Gasteiger partial charge is 0.573 e. The van der Waals surface area contributed by atoms with Crippen molar-refractivity contribution in [2.75, 3.05) is 0 Å². The number of carboxylic acids is 1. The Kier molecular flexibility index (Phi) is 4.22. The molecular formula is C9H5F6NO3. The number of rotatable bonds is 4. The van der Waals surface area contributed by atoms with E-state index < -0.39 is 48.1 Å². The molecule has 0 saturated carbocycles. The lowest BCUT2D eigenvalue weighted by atomic mass is 10.1. The molecule has 1 N–H and O–H groups in total. The van der Waals surface area contributed by atoms with Crippen LogP contribution in [0.15, 0.2) is 6.07 Å². The van der Waals surface area contributed by atoms with E-state index in [0.717, 1.165) is 0 Å². The van der Waals surface area contributed by atoms with Crippen molar-refractivity contribution in [1.82, 2.24) is 4.98 Å². The lowest BCUT2D eigenvalue weighted by Gasteiger charge is -2.13. The van der Waals surface area contributed by atoms with Crippen molar-refractivity contribution in [2.24, 2.45) is 0 Å². The molecule has 0 bridgehead atoms. The molecule has 4 nitrogen and oxygen atoms in total. The lowest BCUT2D eigenvalue weighted by molar-refractivity contribution is -0.275. The highest BCUT2D eigenvalue weighted by Crippen LogP contribution is 2.33. The van der Waals surface area contributed by atoms with Crippen LogP contribution in [0.1, 0.15) is 17.7 Å². The van der Waals surface area contributed by atoms with Crippen LogP contribution in [0.5, 0.6) is 5.75 Å². The minimum Gasteiger partial charge on any atom is -0.481 e. The van der Waals surface area contributed by atoms with Crippen LogP contribution in [0.2, 0.25) is 0 Å². The van der Waals surface area contributed by atoms with Crippen molar-refractivity contribution in [2.45, 2.75) is 19.2 Å². The number of halogens is 6. The maximum absolute atomic E-state index is 13.1. The first-order valence-electron chi connectivity index (χ1n) is 4.55. The summed E-state index contributed by atoms with van der Waals surface area (Å²) in [5.41, 5.74) is -2.35. The smallest absolute Gasteiger partial charge is 0.481 e. The number of nitrogens with zero attached hydrogens (tertiary/aromatic N) is 1. The molecule has 0 saturated heterocycles. The van der Waals surface area contributed by atoms with Gasteiger partial charge in [0.05, 0.1) is 6.42 Å². The van der Waals surface area contributed by atoms with Crippen LogP contribution in [-0.2, 0) is 11.2 Å². The molecule has 1 aromatic rings. The number of hydrogen-bond acceptors (Lipinski definition) is 3. The Hall–Kier alpha value is -2.00. The Labute approximate surface area is 101 Å². The third-order valence-electron chi connectivity index (χ3n) is 1.82. The lowest BCUT2D eigenvalue weighted by Crippen LogP contribution is -2.19. The molecule has 0 unspecified atom stereocenters. The molecule has 0 aliphatic heterocycles. The molecule has 106 valence electrons. The molecule has 0 radical (unpaired) electrons. The van der Waals surface area contributed by atoms with Crippen LogP contribution in [0.3, 0.4) is 0 Å². The first kappa shape index (κ1) is 15.1. The minimum atomic E-state index is -5.29. The molecular weight excluding hydrogens is 284 g/mol. The highest BCUT2D eigenvalue weighted by atomic mass is 19.4. The van der Waals surface area contributed by atoms with Gasteiger partial charge >= 0.3 is 12.3 Å². The molecule has 0 aliphatic rings. The summed E-state index contributed by atoms with van der Waals surface area (Å²) in [5, 5.41) is 8.39. The normalized spacial score (nSPS) is 11.7. The van der Waals surface area contributed by atoms with Gasteiger partial charge in [-0.05, 0) is 6.07 Å². The fourth-order valence-electron chi connectivity index (χ4n) is 1.17. The van der Waals surface area contributed by atoms with E-state index >= 15 is 0 Å². The van der Waals surface area contributed by atoms with Gasteiger partial charge in [0.15, 0.2) is 11.4 Å². The molecule has 19 heavy (non-hydrogen) atoms. The summed E-state index contributed by atoms with van der Waals surface area (Å²) in [5.74, 6) is -4.59. The molecule has 1 aromatic heterocycles. The first-order valence-corrected chi connectivity index (χ1v) is 4.55. The highest BCUT2D eigenvalue weighted by molar-refractivity contribution is 5.70. The average molecular weight is 289 g/mol. The van der Waals surface area contributed by atoms with Gasteiger partial charge in [0.1, 0.15) is 0 Å². The van der Waals surface area contributed by atoms with Crippen LogP contribution in [0.4, 0.5) is 26.3 Å². The molecule has 0 spiro atoms. The Bertz CT molecular complexity index is 488. The molecule has 1 rings (SSSR count). The molecule has 0 atom stereocenters. The third-order valence-corrected chi connectivity index (χ3v) is 1.82. The number of alkyl halides is 5. The Morgan fingerprint density at radius 1 is 1.42 bits per heavy atom. The maximum atomic E-state index is 13.1. The molecule has 1 heterocycles. The number of ether oxygens (including phenoxy) is 1. The number of carbonyl (C=O) groups is 1. The zero-order valence-corrected chi connectivity index (χ0v) is 8.84. The molecule has 0 amide bonds. The van der Waals surface area contributed by atoms with Gasteiger partial charge in [-0.1, -0.05) is 0 Å². The van der Waals surface area contributed by atoms with E-state index in [1.54, 1.807) is 0 Å². The van der Waals surface area contributed by atoms with E-state index in [1.807, 2.05) is 0 Å². The van der Waals surface area contributed by atoms with Gasteiger partial charge in [-0.2, -0.15) is 4.39 Å². The average Bonchev–Trinajstić information content (AvgIpc) is 2.19. The number of aromatic nitrogens is 1. The Morgan fingerprint density at radius 2 is 2.00 bits per heavy atom. The summed E-state index contributed by atoms with van der Waals surface area (Å²) < 4.78 is 77.1. The van der Waals surface area contributed by atoms with Crippen molar-refractivity contribution in [3.63, 3.8) is 0 Å². The van der Waals surface area contributed by atoms with Crippen molar-refractivity contribution in [1.29, 1.82) is 0 Å². The predicted octanol–water partition coefficient (Wildman–Crippen LogP) is 2.68. The Balaban J connectivity index is 3.27. The highest BCUT2D eigenvalue weighted by Gasteiger charge is 2.34. The van der Waals surface area contributed by atoms with Gasteiger partial charge in [0.25, 0.3) is 6.43 Å². The summed E-state index contributed by atoms with van der Waals surface area (Å²) in [6.07, 6.45) is -9.81. The van der Waals surface area contributed by atoms with Crippen LogP contribution in [0, 0.1) is 5.95 Å². The topological polar surface area (TPSA) is 59.4 Å². The molecule has 10 heteroatoms. The van der Waals surface area contributed by atoms with Gasteiger partial charge in [0, 0.05) is 5.56 Å². The Morgan fingerprint density at radius 3 is 2.42 bits per heavy atom. The van der Waals surface area contributed by atoms with E-state index in [0.29, 0.717) is 0 Å². The molecule has 0 aliphatic carbocycles. The molecule has 0 fully saturated rings. The second-order valence-corrected chi connectivity index (χ2v) is 3.24. The number of pyridine rings is 1. The van der Waals surface area contributed by atoms with Crippen LogP contribution >= 0.6 is 0 Å². The summed E-state index contributed by atoms with van der Waals surface area (Å²) in [6.45, 7) is 0. The number of carboxylic acid groups (broad SMARTS) is 1. The zero-order chi connectivity index (χ0) is 14.8. The van der Waals surface area contributed by atoms with Crippen LogP contribution < -0.4 is 4.74 Å². The van der Waals surface area contributed by atoms with Gasteiger partial charge in [-0.3, -0.25) is 4.79 Å². The van der Waals surface area contributed by atoms with Crippen molar-refractivity contribution < 1.29 is 41.0 Å². The second-order valence-electron chi connectivity index (χ2n) is 3.24. The van der Waals surface area contributed by atoms with Gasteiger partial charge in [-0.15, -0.1) is 13.2 Å². The van der Waals surface area contributed by atoms with E-state index in [-0.39, 0.29) is 6.07 Å². The fraction of sp³-hybridized carbons (Fsp3) is 0.333.